The predicted octanol–water partition coefficient (Wildman–Crippen LogP) is 1.18. The van der Waals surface area contributed by atoms with Crippen molar-refractivity contribution in [1.29, 1.82) is 0 Å². The van der Waals surface area contributed by atoms with Gasteiger partial charge in [-0.2, -0.15) is 11.8 Å². The summed E-state index contributed by atoms with van der Waals surface area (Å²) in [6.45, 7) is 1.85. The smallest absolute Gasteiger partial charge is 0.164 e. The Labute approximate surface area is 121 Å². The molecule has 3 atom stereocenters. The molecule has 6 heteroatoms. The van der Waals surface area contributed by atoms with Gasteiger partial charge < -0.3 is 5.32 Å². The lowest BCUT2D eigenvalue weighted by Gasteiger charge is -2.40. The van der Waals surface area contributed by atoms with Crippen molar-refractivity contribution >= 4 is 21.6 Å². The number of rotatable bonds is 4. The fourth-order valence-corrected chi connectivity index (χ4v) is 6.28. The zero-order chi connectivity index (χ0) is 13.9. The summed E-state index contributed by atoms with van der Waals surface area (Å²) in [6, 6.07) is 0.559. The topological polar surface area (TPSA) is 49.4 Å². The van der Waals surface area contributed by atoms with Gasteiger partial charge in [0.05, 0.1) is 0 Å². The van der Waals surface area contributed by atoms with Gasteiger partial charge in [0, 0.05) is 36.9 Å². The average Bonchev–Trinajstić information content (AvgIpc) is 2.39. The fraction of sp³-hybridized carbons (Fsp3) is 1.00. The molecular weight excluding hydrogens is 280 g/mol. The molecule has 2 aliphatic rings. The summed E-state index contributed by atoms with van der Waals surface area (Å²) in [4.78, 5) is 2.21. The summed E-state index contributed by atoms with van der Waals surface area (Å²) in [5, 5.41) is 3.14. The average molecular weight is 306 g/mol. The molecule has 2 rings (SSSR count). The molecule has 4 nitrogen and oxygen atoms in total. The Balaban J connectivity index is 2.02. The van der Waals surface area contributed by atoms with Gasteiger partial charge in [0.25, 0.3) is 0 Å². The Morgan fingerprint density at radius 2 is 2.05 bits per heavy atom. The van der Waals surface area contributed by atoms with Gasteiger partial charge in [0.2, 0.25) is 0 Å². The second-order valence-electron chi connectivity index (χ2n) is 5.79. The zero-order valence-corrected chi connectivity index (χ0v) is 13.6. The molecule has 0 spiro atoms. The van der Waals surface area contributed by atoms with Crippen LogP contribution in [0.5, 0.6) is 0 Å². The van der Waals surface area contributed by atoms with E-state index in [0.29, 0.717) is 12.0 Å². The van der Waals surface area contributed by atoms with E-state index in [1.165, 1.54) is 31.9 Å². The Morgan fingerprint density at radius 3 is 2.74 bits per heavy atom. The van der Waals surface area contributed by atoms with Gasteiger partial charge in [0.15, 0.2) is 9.84 Å². The molecule has 1 aliphatic carbocycles. The number of nitrogens with one attached hydrogen (secondary N) is 1. The molecule has 19 heavy (non-hydrogen) atoms. The first-order valence-electron chi connectivity index (χ1n) is 7.20. The summed E-state index contributed by atoms with van der Waals surface area (Å²) in [5.74, 6) is 2.39. The minimum atomic E-state index is -2.97. The molecule has 3 unspecified atom stereocenters. The van der Waals surface area contributed by atoms with E-state index >= 15 is 0 Å². The van der Waals surface area contributed by atoms with Gasteiger partial charge in [-0.05, 0) is 25.8 Å². The number of nitrogens with zero attached hydrogens (tertiary/aromatic N) is 1. The predicted molar refractivity (Wildman–Crippen MR) is 82.3 cm³/mol. The van der Waals surface area contributed by atoms with Gasteiger partial charge >= 0.3 is 0 Å². The van der Waals surface area contributed by atoms with E-state index in [1.54, 1.807) is 11.8 Å². The van der Waals surface area contributed by atoms with Gasteiger partial charge in [-0.15, -0.1) is 0 Å². The van der Waals surface area contributed by atoms with Gasteiger partial charge in [-0.25, -0.2) is 8.42 Å². The van der Waals surface area contributed by atoms with Crippen molar-refractivity contribution < 1.29 is 8.42 Å². The quantitative estimate of drug-likeness (QED) is 0.845. The highest BCUT2D eigenvalue weighted by Gasteiger charge is 2.34. The highest BCUT2D eigenvalue weighted by Crippen LogP contribution is 2.28. The van der Waals surface area contributed by atoms with E-state index < -0.39 is 9.84 Å². The van der Waals surface area contributed by atoms with Crippen LogP contribution in [0.15, 0.2) is 0 Å². The summed E-state index contributed by atoms with van der Waals surface area (Å²) >= 11 is 1.77. The standard InChI is InChI=1S/C13H26N2O2S2/c1-14-12-6-4-3-5-11(12)9-15-7-8-18-10-13(15)19(2,16)17/h11-14H,3-10H2,1-2H3. The van der Waals surface area contributed by atoms with E-state index in [2.05, 4.69) is 10.2 Å². The fourth-order valence-electron chi connectivity index (χ4n) is 3.33. The molecule has 1 N–H and O–H groups in total. The van der Waals surface area contributed by atoms with Crippen LogP contribution < -0.4 is 5.32 Å². The monoisotopic (exact) mass is 306 g/mol. The molecule has 1 aliphatic heterocycles. The highest BCUT2D eigenvalue weighted by atomic mass is 32.2. The number of sulfone groups is 1. The van der Waals surface area contributed by atoms with Crippen LogP contribution in [0.25, 0.3) is 0 Å². The van der Waals surface area contributed by atoms with Crippen molar-refractivity contribution in [2.75, 3.05) is 37.9 Å². The lowest BCUT2D eigenvalue weighted by molar-refractivity contribution is 0.169. The number of thioether (sulfide) groups is 1. The summed E-state index contributed by atoms with van der Waals surface area (Å²) in [5.41, 5.74) is 0. The molecule has 0 aromatic heterocycles. The zero-order valence-electron chi connectivity index (χ0n) is 12.0. The Kier molecular flexibility index (Phi) is 5.57. The van der Waals surface area contributed by atoms with Crippen LogP contribution in [0, 0.1) is 5.92 Å². The third-order valence-electron chi connectivity index (χ3n) is 4.43. The van der Waals surface area contributed by atoms with Gasteiger partial charge in [-0.3, -0.25) is 4.90 Å². The van der Waals surface area contributed by atoms with E-state index in [0.717, 1.165) is 24.6 Å². The van der Waals surface area contributed by atoms with Crippen molar-refractivity contribution in [3.63, 3.8) is 0 Å². The van der Waals surface area contributed by atoms with Crippen LogP contribution in [0.3, 0.4) is 0 Å². The second kappa shape index (κ2) is 6.78. The van der Waals surface area contributed by atoms with Crippen LogP contribution >= 0.6 is 11.8 Å². The molecule has 2 fully saturated rings. The molecule has 0 bridgehead atoms. The Bertz CT molecular complexity index is 386. The third-order valence-corrected chi connectivity index (χ3v) is 7.12. The van der Waals surface area contributed by atoms with Crippen LogP contribution in [0.1, 0.15) is 25.7 Å². The second-order valence-corrected chi connectivity index (χ2v) is 9.15. The Morgan fingerprint density at radius 1 is 1.32 bits per heavy atom. The van der Waals surface area contributed by atoms with E-state index in [4.69, 9.17) is 0 Å². The maximum atomic E-state index is 11.9. The minimum absolute atomic E-state index is 0.273. The molecule has 1 heterocycles. The van der Waals surface area contributed by atoms with E-state index in [1.807, 2.05) is 7.05 Å². The maximum absolute atomic E-state index is 11.9. The van der Waals surface area contributed by atoms with Crippen molar-refractivity contribution in [2.24, 2.45) is 5.92 Å². The lowest BCUT2D eigenvalue weighted by atomic mass is 9.84. The van der Waals surface area contributed by atoms with Crippen LogP contribution in [0.2, 0.25) is 0 Å². The van der Waals surface area contributed by atoms with Gasteiger partial charge in [0.1, 0.15) is 5.37 Å². The van der Waals surface area contributed by atoms with Crippen molar-refractivity contribution in [3.8, 4) is 0 Å². The largest absolute Gasteiger partial charge is 0.317 e. The first-order chi connectivity index (χ1) is 9.02. The van der Waals surface area contributed by atoms with Crippen LogP contribution in [0.4, 0.5) is 0 Å². The van der Waals surface area contributed by atoms with Crippen molar-refractivity contribution in [1.82, 2.24) is 10.2 Å². The summed E-state index contributed by atoms with van der Waals surface area (Å²) in [7, 11) is -0.934. The normalized spacial score (nSPS) is 34.3. The van der Waals surface area contributed by atoms with Crippen LogP contribution in [-0.2, 0) is 9.84 Å². The molecule has 0 radical (unpaired) electrons. The number of hydrogen-bond donors (Lipinski definition) is 1. The summed E-state index contributed by atoms with van der Waals surface area (Å²) in [6.07, 6.45) is 6.42. The minimum Gasteiger partial charge on any atom is -0.317 e. The lowest BCUT2D eigenvalue weighted by Crippen LogP contribution is -2.51. The highest BCUT2D eigenvalue weighted by molar-refractivity contribution is 8.00. The van der Waals surface area contributed by atoms with Crippen molar-refractivity contribution in [3.05, 3.63) is 0 Å². The SMILES string of the molecule is CNC1CCCCC1CN1CCSCC1S(C)(=O)=O. The van der Waals surface area contributed by atoms with E-state index in [9.17, 15) is 8.42 Å². The first kappa shape index (κ1) is 15.6. The third kappa shape index (κ3) is 4.09. The number of hydrogen-bond acceptors (Lipinski definition) is 5. The summed E-state index contributed by atoms with van der Waals surface area (Å²) < 4.78 is 23.8. The van der Waals surface area contributed by atoms with E-state index in [-0.39, 0.29) is 5.37 Å². The molecule has 0 aromatic rings. The van der Waals surface area contributed by atoms with Gasteiger partial charge in [-0.1, -0.05) is 12.8 Å². The maximum Gasteiger partial charge on any atom is 0.164 e. The molecular formula is C13H26N2O2S2. The molecule has 1 saturated heterocycles. The first-order valence-corrected chi connectivity index (χ1v) is 10.3. The molecule has 0 amide bonds. The van der Waals surface area contributed by atoms with Crippen molar-refractivity contribution in [2.45, 2.75) is 37.1 Å². The molecule has 112 valence electrons. The molecule has 0 aromatic carbocycles. The van der Waals surface area contributed by atoms with Crippen LogP contribution in [-0.4, -0.2) is 62.6 Å². The molecule has 1 saturated carbocycles. The Hall–Kier alpha value is 0.220.